The van der Waals surface area contributed by atoms with Crippen molar-refractivity contribution in [1.29, 1.82) is 0 Å². The first kappa shape index (κ1) is 14.1. The Morgan fingerprint density at radius 1 is 0.909 bits per heavy atom. The van der Waals surface area contributed by atoms with Crippen LogP contribution in [0.4, 0.5) is 17.2 Å². The maximum absolute atomic E-state index is 6.27. The number of anilines is 3. The molecule has 0 aliphatic carbocycles. The molecule has 0 saturated carbocycles. The molecule has 0 saturated heterocycles. The van der Waals surface area contributed by atoms with Crippen molar-refractivity contribution >= 4 is 17.2 Å². The van der Waals surface area contributed by atoms with Crippen LogP contribution in [0.15, 0.2) is 72.9 Å². The van der Waals surface area contributed by atoms with Crippen LogP contribution in [0, 0.1) is 6.92 Å². The van der Waals surface area contributed by atoms with E-state index in [0.717, 1.165) is 29.3 Å². The summed E-state index contributed by atoms with van der Waals surface area (Å²) >= 11 is 0. The smallest absolute Gasteiger partial charge is 0.156 e. The van der Waals surface area contributed by atoms with Gasteiger partial charge in [0.2, 0.25) is 0 Å². The molecule has 0 bridgehead atoms. The van der Waals surface area contributed by atoms with E-state index < -0.39 is 0 Å². The second-order valence-electron chi connectivity index (χ2n) is 5.27. The number of rotatable bonds is 4. The molecule has 0 unspecified atom stereocenters. The highest BCUT2D eigenvalue weighted by Gasteiger charge is 2.15. The van der Waals surface area contributed by atoms with Gasteiger partial charge in [0.15, 0.2) is 5.82 Å². The third-order valence-corrected chi connectivity index (χ3v) is 3.69. The zero-order valence-electron chi connectivity index (χ0n) is 12.6. The van der Waals surface area contributed by atoms with Crippen molar-refractivity contribution in [2.45, 2.75) is 13.5 Å². The molecule has 0 amide bonds. The largest absolute Gasteiger partial charge is 0.396 e. The van der Waals surface area contributed by atoms with Crippen LogP contribution >= 0.6 is 0 Å². The lowest BCUT2D eigenvalue weighted by Crippen LogP contribution is -2.19. The molecule has 2 N–H and O–H groups in total. The number of aryl methyl sites for hydroxylation is 1. The normalized spacial score (nSPS) is 10.4. The molecule has 110 valence electrons. The molecule has 1 heterocycles. The zero-order valence-corrected chi connectivity index (χ0v) is 12.6. The average Bonchev–Trinajstić information content (AvgIpc) is 2.57. The third-order valence-electron chi connectivity index (χ3n) is 3.69. The third kappa shape index (κ3) is 2.93. The molecular weight excluding hydrogens is 270 g/mol. The maximum atomic E-state index is 6.27. The number of nitrogens with two attached hydrogens (primary N) is 1. The Hall–Kier alpha value is -2.81. The van der Waals surface area contributed by atoms with Crippen LogP contribution in [0.5, 0.6) is 0 Å². The summed E-state index contributed by atoms with van der Waals surface area (Å²) in [6, 6.07) is 22.5. The lowest BCUT2D eigenvalue weighted by Gasteiger charge is -2.25. The topological polar surface area (TPSA) is 42.2 Å². The minimum absolute atomic E-state index is 0.724. The summed E-state index contributed by atoms with van der Waals surface area (Å²) in [6.45, 7) is 2.73. The van der Waals surface area contributed by atoms with Gasteiger partial charge in [-0.2, -0.15) is 0 Å². The number of nitrogens with zero attached hydrogens (tertiary/aromatic N) is 2. The molecule has 0 aliphatic heterocycles. The van der Waals surface area contributed by atoms with E-state index in [9.17, 15) is 0 Å². The van der Waals surface area contributed by atoms with E-state index in [4.69, 9.17) is 5.73 Å². The van der Waals surface area contributed by atoms with Gasteiger partial charge < -0.3 is 10.6 Å². The van der Waals surface area contributed by atoms with Crippen molar-refractivity contribution in [3.63, 3.8) is 0 Å². The molecule has 3 aromatic rings. The lowest BCUT2D eigenvalue weighted by atomic mass is 10.1. The number of benzene rings is 2. The van der Waals surface area contributed by atoms with Gasteiger partial charge >= 0.3 is 0 Å². The minimum atomic E-state index is 0.724. The molecule has 3 nitrogen and oxygen atoms in total. The molecule has 0 fully saturated rings. The highest BCUT2D eigenvalue weighted by Crippen LogP contribution is 2.31. The van der Waals surface area contributed by atoms with E-state index in [0.29, 0.717) is 0 Å². The highest BCUT2D eigenvalue weighted by atomic mass is 15.2. The molecule has 1 aromatic heterocycles. The van der Waals surface area contributed by atoms with E-state index >= 15 is 0 Å². The summed E-state index contributed by atoms with van der Waals surface area (Å²) in [4.78, 5) is 6.66. The first-order valence-electron chi connectivity index (χ1n) is 7.33. The fourth-order valence-electron chi connectivity index (χ4n) is 2.43. The van der Waals surface area contributed by atoms with Crippen molar-refractivity contribution in [2.75, 3.05) is 10.6 Å². The standard InChI is InChI=1S/C19H19N3/c1-15-12-13-21-19(18(15)20)22(17-10-6-3-7-11-17)14-16-8-4-2-5-9-16/h2-13H,14,20H2,1H3. The van der Waals surface area contributed by atoms with Gasteiger partial charge in [0.1, 0.15) is 0 Å². The Balaban J connectivity index is 2.05. The van der Waals surface area contributed by atoms with Crippen molar-refractivity contribution < 1.29 is 0 Å². The lowest BCUT2D eigenvalue weighted by molar-refractivity contribution is 0.948. The van der Waals surface area contributed by atoms with E-state index in [2.05, 4.69) is 34.1 Å². The van der Waals surface area contributed by atoms with Crippen LogP contribution in [0.2, 0.25) is 0 Å². The summed E-state index contributed by atoms with van der Waals surface area (Å²) in [5.74, 6) is 0.801. The summed E-state index contributed by atoms with van der Waals surface area (Å²) < 4.78 is 0. The Bertz CT molecular complexity index is 739. The Kier molecular flexibility index (Phi) is 4.05. The van der Waals surface area contributed by atoms with Crippen molar-refractivity contribution in [3.05, 3.63) is 84.1 Å². The number of pyridine rings is 1. The molecule has 0 spiro atoms. The number of hydrogen-bond acceptors (Lipinski definition) is 3. The van der Waals surface area contributed by atoms with Crippen molar-refractivity contribution in [3.8, 4) is 0 Å². The van der Waals surface area contributed by atoms with Gasteiger partial charge in [0.05, 0.1) is 5.69 Å². The van der Waals surface area contributed by atoms with Gasteiger partial charge in [-0.1, -0.05) is 48.5 Å². The van der Waals surface area contributed by atoms with Crippen molar-refractivity contribution in [2.24, 2.45) is 0 Å². The zero-order chi connectivity index (χ0) is 15.4. The molecule has 0 aliphatic rings. The predicted octanol–water partition coefficient (Wildman–Crippen LogP) is 4.31. The average molecular weight is 289 g/mol. The molecule has 2 aromatic carbocycles. The second-order valence-corrected chi connectivity index (χ2v) is 5.27. The van der Waals surface area contributed by atoms with Crippen LogP contribution in [0.25, 0.3) is 0 Å². The van der Waals surface area contributed by atoms with Gasteiger partial charge in [-0.15, -0.1) is 0 Å². The fourth-order valence-corrected chi connectivity index (χ4v) is 2.43. The Labute approximate surface area is 131 Å². The maximum Gasteiger partial charge on any atom is 0.156 e. The quantitative estimate of drug-likeness (QED) is 0.778. The molecule has 3 rings (SSSR count). The molecule has 0 atom stereocenters. The highest BCUT2D eigenvalue weighted by molar-refractivity contribution is 5.73. The molecule has 3 heteroatoms. The van der Waals surface area contributed by atoms with Crippen LogP contribution in [0.3, 0.4) is 0 Å². The van der Waals surface area contributed by atoms with Crippen LogP contribution in [0.1, 0.15) is 11.1 Å². The summed E-state index contributed by atoms with van der Waals surface area (Å²) in [5, 5.41) is 0. The summed E-state index contributed by atoms with van der Waals surface area (Å²) in [7, 11) is 0. The SMILES string of the molecule is Cc1ccnc(N(Cc2ccccc2)c2ccccc2)c1N. The van der Waals surface area contributed by atoms with E-state index in [1.165, 1.54) is 5.56 Å². The van der Waals surface area contributed by atoms with E-state index in [-0.39, 0.29) is 0 Å². The number of nitrogen functional groups attached to an aromatic ring is 1. The van der Waals surface area contributed by atoms with E-state index in [1.54, 1.807) is 0 Å². The van der Waals surface area contributed by atoms with Gasteiger partial charge in [-0.05, 0) is 36.2 Å². The Morgan fingerprint density at radius 2 is 1.55 bits per heavy atom. The number of para-hydroxylation sites is 1. The van der Waals surface area contributed by atoms with E-state index in [1.807, 2.05) is 55.6 Å². The summed E-state index contributed by atoms with van der Waals surface area (Å²) in [5.41, 5.74) is 10.3. The summed E-state index contributed by atoms with van der Waals surface area (Å²) in [6.07, 6.45) is 1.81. The number of aromatic nitrogens is 1. The minimum Gasteiger partial charge on any atom is -0.396 e. The van der Waals surface area contributed by atoms with Crippen LogP contribution in [-0.2, 0) is 6.54 Å². The van der Waals surface area contributed by atoms with Crippen LogP contribution in [-0.4, -0.2) is 4.98 Å². The monoisotopic (exact) mass is 289 g/mol. The fraction of sp³-hybridized carbons (Fsp3) is 0.105. The van der Waals surface area contributed by atoms with Gasteiger partial charge in [0.25, 0.3) is 0 Å². The predicted molar refractivity (Wildman–Crippen MR) is 92.1 cm³/mol. The molecular formula is C19H19N3. The molecule has 22 heavy (non-hydrogen) atoms. The first-order valence-corrected chi connectivity index (χ1v) is 7.33. The van der Waals surface area contributed by atoms with Gasteiger partial charge in [-0.25, -0.2) is 4.98 Å². The second kappa shape index (κ2) is 6.31. The molecule has 0 radical (unpaired) electrons. The van der Waals surface area contributed by atoms with Gasteiger partial charge in [0, 0.05) is 18.4 Å². The van der Waals surface area contributed by atoms with Gasteiger partial charge in [-0.3, -0.25) is 0 Å². The first-order chi connectivity index (χ1) is 10.8. The van der Waals surface area contributed by atoms with Crippen molar-refractivity contribution in [1.82, 2.24) is 4.98 Å². The Morgan fingerprint density at radius 3 is 2.23 bits per heavy atom. The number of hydrogen-bond donors (Lipinski definition) is 1. The van der Waals surface area contributed by atoms with Crippen LogP contribution < -0.4 is 10.6 Å².